The molecule has 3 heterocycles. The normalized spacial score (nSPS) is 21.5. The molecular formula is C15H21N3O4. The number of aromatic nitrogens is 2. The van der Waals surface area contributed by atoms with Gasteiger partial charge in [-0.2, -0.15) is 0 Å². The number of rotatable bonds is 4. The van der Waals surface area contributed by atoms with Gasteiger partial charge in [-0.25, -0.2) is 4.98 Å². The van der Waals surface area contributed by atoms with Gasteiger partial charge in [0, 0.05) is 19.6 Å². The summed E-state index contributed by atoms with van der Waals surface area (Å²) in [6, 6.07) is 0. The fraction of sp³-hybridized carbons (Fsp3) is 0.667. The molecule has 0 spiro atoms. The van der Waals surface area contributed by atoms with Crippen LogP contribution in [-0.4, -0.2) is 53.2 Å². The molecule has 0 radical (unpaired) electrons. The maximum Gasteiger partial charge on any atom is 0.255 e. The molecule has 1 aromatic rings. The van der Waals surface area contributed by atoms with Gasteiger partial charge in [0.2, 0.25) is 5.91 Å². The number of hydrogen-bond acceptors (Lipinski definition) is 5. The fourth-order valence-electron chi connectivity index (χ4n) is 2.87. The summed E-state index contributed by atoms with van der Waals surface area (Å²) < 4.78 is 11.1. The van der Waals surface area contributed by atoms with Gasteiger partial charge >= 0.3 is 0 Å². The van der Waals surface area contributed by atoms with E-state index in [0.717, 1.165) is 31.6 Å². The fourth-order valence-corrected chi connectivity index (χ4v) is 2.87. The summed E-state index contributed by atoms with van der Waals surface area (Å²) in [5.74, 6) is -0.0929. The van der Waals surface area contributed by atoms with Crippen LogP contribution in [0.15, 0.2) is 11.1 Å². The maximum atomic E-state index is 12.2. The number of carbonyl (C=O) groups excluding carboxylic acids is 1. The summed E-state index contributed by atoms with van der Waals surface area (Å²) in [5, 5.41) is 0. The van der Waals surface area contributed by atoms with E-state index in [1.807, 2.05) is 0 Å². The van der Waals surface area contributed by atoms with E-state index in [0.29, 0.717) is 31.7 Å². The third-order valence-corrected chi connectivity index (χ3v) is 4.16. The van der Waals surface area contributed by atoms with Crippen LogP contribution in [0.2, 0.25) is 0 Å². The summed E-state index contributed by atoms with van der Waals surface area (Å²) >= 11 is 0. The number of carbonyl (C=O) groups is 1. The smallest absolute Gasteiger partial charge is 0.255 e. The Bertz CT molecular complexity index is 580. The van der Waals surface area contributed by atoms with E-state index in [1.165, 1.54) is 6.33 Å². The third kappa shape index (κ3) is 3.53. The first-order valence-electron chi connectivity index (χ1n) is 7.76. The molecule has 1 saturated heterocycles. The Labute approximate surface area is 128 Å². The minimum Gasteiger partial charge on any atom is -0.376 e. The van der Waals surface area contributed by atoms with Crippen molar-refractivity contribution >= 4 is 5.91 Å². The van der Waals surface area contributed by atoms with Crippen LogP contribution >= 0.6 is 0 Å². The van der Waals surface area contributed by atoms with Crippen molar-refractivity contribution in [3.8, 4) is 0 Å². The first-order chi connectivity index (χ1) is 10.7. The Kier molecular flexibility index (Phi) is 4.84. The molecule has 7 nitrogen and oxygen atoms in total. The largest absolute Gasteiger partial charge is 0.376 e. The van der Waals surface area contributed by atoms with Crippen molar-refractivity contribution in [1.29, 1.82) is 0 Å². The van der Waals surface area contributed by atoms with Crippen molar-refractivity contribution < 1.29 is 14.3 Å². The number of amides is 1. The molecule has 3 rings (SSSR count). The molecule has 120 valence electrons. The highest BCUT2D eigenvalue weighted by atomic mass is 16.5. The second kappa shape index (κ2) is 7.02. The summed E-state index contributed by atoms with van der Waals surface area (Å²) in [6.07, 6.45) is 5.37. The first-order valence-corrected chi connectivity index (χ1v) is 7.76. The van der Waals surface area contributed by atoms with Crippen LogP contribution in [0.4, 0.5) is 0 Å². The van der Waals surface area contributed by atoms with Crippen molar-refractivity contribution in [2.24, 2.45) is 0 Å². The molecule has 0 aromatic carbocycles. The van der Waals surface area contributed by atoms with Crippen molar-refractivity contribution in [3.63, 3.8) is 0 Å². The van der Waals surface area contributed by atoms with Crippen LogP contribution in [0.1, 0.15) is 30.5 Å². The van der Waals surface area contributed by atoms with Crippen molar-refractivity contribution in [2.75, 3.05) is 26.4 Å². The number of ether oxygens (including phenoxy) is 2. The Morgan fingerprint density at radius 2 is 2.41 bits per heavy atom. The number of nitrogens with zero attached hydrogens (tertiary/aromatic N) is 2. The molecule has 1 aromatic heterocycles. The van der Waals surface area contributed by atoms with Gasteiger partial charge in [-0.05, 0) is 19.3 Å². The van der Waals surface area contributed by atoms with E-state index in [-0.39, 0.29) is 24.2 Å². The first kappa shape index (κ1) is 15.2. The molecule has 1 unspecified atom stereocenters. The van der Waals surface area contributed by atoms with Crippen LogP contribution in [-0.2, 0) is 27.2 Å². The number of fused-ring (bicyclic) bond motifs is 1. The minimum atomic E-state index is -0.168. The zero-order valence-electron chi connectivity index (χ0n) is 12.5. The lowest BCUT2D eigenvalue weighted by atomic mass is 10.1. The highest BCUT2D eigenvalue weighted by Gasteiger charge is 2.24. The summed E-state index contributed by atoms with van der Waals surface area (Å²) in [6.45, 7) is 2.15. The van der Waals surface area contributed by atoms with Crippen LogP contribution < -0.4 is 5.56 Å². The standard InChI is InChI=1S/C15H21N3O4/c19-14(9-21-8-11-3-1-2-6-22-11)18-5-4-13-12(7-18)15(20)17-10-16-13/h10-11H,1-9H2,(H,16,17,20). The molecule has 22 heavy (non-hydrogen) atoms. The average Bonchev–Trinajstić information content (AvgIpc) is 2.56. The topological polar surface area (TPSA) is 84.5 Å². The number of hydrogen-bond donors (Lipinski definition) is 1. The molecule has 0 bridgehead atoms. The summed E-state index contributed by atoms with van der Waals surface area (Å²) in [7, 11) is 0. The third-order valence-electron chi connectivity index (χ3n) is 4.16. The van der Waals surface area contributed by atoms with Gasteiger partial charge < -0.3 is 19.4 Å². The Hall–Kier alpha value is -1.73. The molecule has 1 N–H and O–H groups in total. The lowest BCUT2D eigenvalue weighted by Gasteiger charge is -2.28. The van der Waals surface area contributed by atoms with E-state index in [1.54, 1.807) is 4.90 Å². The molecule has 7 heteroatoms. The van der Waals surface area contributed by atoms with Gasteiger partial charge in [0.1, 0.15) is 6.61 Å². The van der Waals surface area contributed by atoms with Gasteiger partial charge in [-0.3, -0.25) is 9.59 Å². The van der Waals surface area contributed by atoms with Crippen molar-refractivity contribution in [3.05, 3.63) is 27.9 Å². The number of H-pyrrole nitrogens is 1. The van der Waals surface area contributed by atoms with Gasteiger partial charge in [0.25, 0.3) is 5.56 Å². The molecule has 1 atom stereocenters. The van der Waals surface area contributed by atoms with Crippen LogP contribution in [0, 0.1) is 0 Å². The zero-order chi connectivity index (χ0) is 15.4. The van der Waals surface area contributed by atoms with Gasteiger partial charge in [0.15, 0.2) is 0 Å². The Morgan fingerprint density at radius 3 is 3.23 bits per heavy atom. The van der Waals surface area contributed by atoms with E-state index in [4.69, 9.17) is 9.47 Å². The van der Waals surface area contributed by atoms with Gasteiger partial charge in [0.05, 0.1) is 36.8 Å². The van der Waals surface area contributed by atoms with E-state index in [2.05, 4.69) is 9.97 Å². The van der Waals surface area contributed by atoms with E-state index in [9.17, 15) is 9.59 Å². The quantitative estimate of drug-likeness (QED) is 0.861. The lowest BCUT2D eigenvalue weighted by Crippen LogP contribution is -2.41. The zero-order valence-corrected chi connectivity index (χ0v) is 12.5. The summed E-state index contributed by atoms with van der Waals surface area (Å²) in [4.78, 5) is 32.3. The molecular weight excluding hydrogens is 286 g/mol. The van der Waals surface area contributed by atoms with Gasteiger partial charge in [-0.1, -0.05) is 0 Å². The minimum absolute atomic E-state index is 0.0351. The molecule has 0 aliphatic carbocycles. The highest BCUT2D eigenvalue weighted by molar-refractivity contribution is 5.77. The Morgan fingerprint density at radius 1 is 1.50 bits per heavy atom. The predicted octanol–water partition coefficient (Wildman–Crippen LogP) is 0.240. The second-order valence-electron chi connectivity index (χ2n) is 5.73. The second-order valence-corrected chi connectivity index (χ2v) is 5.73. The monoisotopic (exact) mass is 307 g/mol. The average molecular weight is 307 g/mol. The molecule has 0 saturated carbocycles. The highest BCUT2D eigenvalue weighted by Crippen LogP contribution is 2.14. The lowest BCUT2D eigenvalue weighted by molar-refractivity contribution is -0.139. The van der Waals surface area contributed by atoms with Crippen LogP contribution in [0.25, 0.3) is 0 Å². The van der Waals surface area contributed by atoms with Crippen LogP contribution in [0.5, 0.6) is 0 Å². The number of aromatic amines is 1. The SMILES string of the molecule is O=C(COCC1CCCCO1)N1CCc2nc[nH]c(=O)c2C1. The summed E-state index contributed by atoms with van der Waals surface area (Å²) in [5.41, 5.74) is 1.20. The van der Waals surface area contributed by atoms with Gasteiger partial charge in [-0.15, -0.1) is 0 Å². The van der Waals surface area contributed by atoms with E-state index < -0.39 is 0 Å². The van der Waals surface area contributed by atoms with Crippen molar-refractivity contribution in [1.82, 2.24) is 14.9 Å². The van der Waals surface area contributed by atoms with E-state index >= 15 is 0 Å². The molecule has 1 amide bonds. The molecule has 2 aliphatic heterocycles. The Balaban J connectivity index is 1.49. The van der Waals surface area contributed by atoms with Crippen LogP contribution in [0.3, 0.4) is 0 Å². The maximum absolute atomic E-state index is 12.2. The van der Waals surface area contributed by atoms with Crippen molar-refractivity contribution in [2.45, 2.75) is 38.3 Å². The molecule has 2 aliphatic rings. The predicted molar refractivity (Wildman–Crippen MR) is 78.4 cm³/mol. The number of nitrogens with one attached hydrogen (secondary N) is 1. The molecule has 1 fully saturated rings.